The summed E-state index contributed by atoms with van der Waals surface area (Å²) in [5.41, 5.74) is 2.58. The largest absolute Gasteiger partial charge is 0.465 e. The minimum absolute atomic E-state index is 0.129. The molecule has 0 atom stereocenters. The maximum atomic E-state index is 12.6. The summed E-state index contributed by atoms with van der Waals surface area (Å²) >= 11 is 0. The number of methoxy groups -OCH3 is 1. The summed E-state index contributed by atoms with van der Waals surface area (Å²) in [5.74, 6) is -0.533. The number of fused-ring (bicyclic) bond motifs is 1. The van der Waals surface area contributed by atoms with E-state index in [0.29, 0.717) is 16.6 Å². The Labute approximate surface area is 127 Å². The zero-order chi connectivity index (χ0) is 15.7. The Morgan fingerprint density at radius 2 is 1.77 bits per heavy atom. The molecule has 1 aromatic heterocycles. The van der Waals surface area contributed by atoms with Crippen molar-refractivity contribution in [2.24, 2.45) is 0 Å². The van der Waals surface area contributed by atoms with E-state index in [1.807, 2.05) is 37.3 Å². The van der Waals surface area contributed by atoms with Gasteiger partial charge in [0.1, 0.15) is 0 Å². The van der Waals surface area contributed by atoms with E-state index in [1.165, 1.54) is 7.11 Å². The van der Waals surface area contributed by atoms with Crippen LogP contribution < -0.4 is 0 Å². The summed E-state index contributed by atoms with van der Waals surface area (Å²) < 4.78 is 6.35. The molecule has 4 heteroatoms. The van der Waals surface area contributed by atoms with Crippen LogP contribution in [0.25, 0.3) is 10.9 Å². The van der Waals surface area contributed by atoms with Gasteiger partial charge >= 0.3 is 5.97 Å². The summed E-state index contributed by atoms with van der Waals surface area (Å²) in [6, 6.07) is 14.5. The average Bonchev–Trinajstić information content (AvgIpc) is 2.96. The van der Waals surface area contributed by atoms with Crippen molar-refractivity contribution in [2.75, 3.05) is 7.11 Å². The smallest absolute Gasteiger partial charge is 0.338 e. The van der Waals surface area contributed by atoms with Gasteiger partial charge in [0.05, 0.1) is 18.2 Å². The molecule has 0 aliphatic carbocycles. The third-order valence-electron chi connectivity index (χ3n) is 3.68. The van der Waals surface area contributed by atoms with Gasteiger partial charge in [-0.3, -0.25) is 9.36 Å². The van der Waals surface area contributed by atoms with Crippen LogP contribution in [-0.2, 0) is 4.74 Å². The van der Waals surface area contributed by atoms with E-state index >= 15 is 0 Å². The van der Waals surface area contributed by atoms with Gasteiger partial charge in [0, 0.05) is 17.1 Å². The van der Waals surface area contributed by atoms with E-state index in [2.05, 4.69) is 0 Å². The molecule has 0 aliphatic heterocycles. The first-order valence-corrected chi connectivity index (χ1v) is 6.91. The monoisotopic (exact) mass is 293 g/mol. The van der Waals surface area contributed by atoms with Gasteiger partial charge in [0.25, 0.3) is 5.91 Å². The van der Waals surface area contributed by atoms with E-state index in [4.69, 9.17) is 4.74 Å². The third-order valence-corrected chi connectivity index (χ3v) is 3.68. The second-order valence-corrected chi connectivity index (χ2v) is 5.07. The molecule has 0 saturated heterocycles. The normalized spacial score (nSPS) is 10.6. The highest BCUT2D eigenvalue weighted by Crippen LogP contribution is 2.22. The topological polar surface area (TPSA) is 48.3 Å². The van der Waals surface area contributed by atoms with Crippen LogP contribution in [0, 0.1) is 6.92 Å². The highest BCUT2D eigenvalue weighted by Gasteiger charge is 2.15. The fraction of sp³-hybridized carbons (Fsp3) is 0.111. The number of rotatable bonds is 2. The molecule has 0 amide bonds. The minimum atomic E-state index is -0.403. The number of aromatic nitrogens is 1. The number of aryl methyl sites for hydroxylation is 1. The van der Waals surface area contributed by atoms with Crippen LogP contribution in [0.3, 0.4) is 0 Å². The summed E-state index contributed by atoms with van der Waals surface area (Å²) in [7, 11) is 1.35. The van der Waals surface area contributed by atoms with Gasteiger partial charge in [0.15, 0.2) is 0 Å². The standard InChI is InChI=1S/C18H15NO3/c1-12-10-14-8-9-19(16(14)11-15(12)18(21)22-2)17(20)13-6-4-3-5-7-13/h3-11H,1-2H3. The van der Waals surface area contributed by atoms with Crippen LogP contribution in [0.5, 0.6) is 0 Å². The zero-order valence-corrected chi connectivity index (χ0v) is 12.4. The lowest BCUT2D eigenvalue weighted by Crippen LogP contribution is -2.11. The molecule has 0 aliphatic rings. The molecule has 0 saturated carbocycles. The first-order chi connectivity index (χ1) is 10.6. The van der Waals surface area contributed by atoms with E-state index in [9.17, 15) is 9.59 Å². The predicted octanol–water partition coefficient (Wildman–Crippen LogP) is 3.42. The average molecular weight is 293 g/mol. The van der Waals surface area contributed by atoms with Crippen LogP contribution in [0.4, 0.5) is 0 Å². The van der Waals surface area contributed by atoms with E-state index in [-0.39, 0.29) is 5.91 Å². The summed E-state index contributed by atoms with van der Waals surface area (Å²) in [6.45, 7) is 1.85. The third kappa shape index (κ3) is 2.29. The number of ether oxygens (including phenoxy) is 1. The van der Waals surface area contributed by atoms with Crippen LogP contribution >= 0.6 is 0 Å². The van der Waals surface area contributed by atoms with Crippen molar-refractivity contribution in [1.29, 1.82) is 0 Å². The molecule has 3 aromatic rings. The van der Waals surface area contributed by atoms with Crippen molar-refractivity contribution in [3.8, 4) is 0 Å². The van der Waals surface area contributed by atoms with Gasteiger partial charge in [-0.15, -0.1) is 0 Å². The highest BCUT2D eigenvalue weighted by molar-refractivity contribution is 6.04. The predicted molar refractivity (Wildman–Crippen MR) is 84.2 cm³/mol. The number of carbonyl (C=O) groups is 2. The molecule has 0 unspecified atom stereocenters. The van der Waals surface area contributed by atoms with Crippen molar-refractivity contribution in [2.45, 2.75) is 6.92 Å². The molecule has 22 heavy (non-hydrogen) atoms. The lowest BCUT2D eigenvalue weighted by Gasteiger charge is -2.07. The van der Waals surface area contributed by atoms with Gasteiger partial charge in [-0.05, 0) is 42.8 Å². The lowest BCUT2D eigenvalue weighted by molar-refractivity contribution is 0.0599. The molecular formula is C18H15NO3. The summed E-state index contributed by atoms with van der Waals surface area (Å²) in [6.07, 6.45) is 1.72. The molecule has 2 aromatic carbocycles. The minimum Gasteiger partial charge on any atom is -0.465 e. The molecule has 1 heterocycles. The second-order valence-electron chi connectivity index (χ2n) is 5.07. The Morgan fingerprint density at radius 3 is 2.45 bits per heavy atom. The molecule has 0 N–H and O–H groups in total. The van der Waals surface area contributed by atoms with Gasteiger partial charge in [-0.2, -0.15) is 0 Å². The number of benzene rings is 2. The quantitative estimate of drug-likeness (QED) is 0.680. The van der Waals surface area contributed by atoms with Crippen LogP contribution in [-0.4, -0.2) is 23.6 Å². The highest BCUT2D eigenvalue weighted by atomic mass is 16.5. The number of hydrogen-bond acceptors (Lipinski definition) is 3. The molecule has 0 radical (unpaired) electrons. The fourth-order valence-electron chi connectivity index (χ4n) is 2.52. The molecular weight excluding hydrogens is 278 g/mol. The van der Waals surface area contributed by atoms with Crippen LogP contribution in [0.2, 0.25) is 0 Å². The Morgan fingerprint density at radius 1 is 1.05 bits per heavy atom. The summed E-state index contributed by atoms with van der Waals surface area (Å²) in [4.78, 5) is 24.4. The molecule has 0 fully saturated rings. The van der Waals surface area contributed by atoms with Crippen LogP contribution in [0.1, 0.15) is 26.3 Å². The Hall–Kier alpha value is -2.88. The first kappa shape index (κ1) is 14.1. The van der Waals surface area contributed by atoms with Crippen molar-refractivity contribution in [1.82, 2.24) is 4.57 Å². The SMILES string of the molecule is COC(=O)c1cc2c(ccn2C(=O)c2ccccc2)cc1C. The van der Waals surface area contributed by atoms with Crippen molar-refractivity contribution in [3.63, 3.8) is 0 Å². The maximum Gasteiger partial charge on any atom is 0.338 e. The van der Waals surface area contributed by atoms with Crippen molar-refractivity contribution >= 4 is 22.8 Å². The Balaban J connectivity index is 2.15. The zero-order valence-electron chi connectivity index (χ0n) is 12.4. The maximum absolute atomic E-state index is 12.6. The number of carbonyl (C=O) groups excluding carboxylic acids is 2. The van der Waals surface area contributed by atoms with Crippen molar-refractivity contribution < 1.29 is 14.3 Å². The molecule has 4 nitrogen and oxygen atoms in total. The van der Waals surface area contributed by atoms with Gasteiger partial charge in [-0.25, -0.2) is 4.79 Å². The number of hydrogen-bond donors (Lipinski definition) is 0. The van der Waals surface area contributed by atoms with Crippen LogP contribution in [0.15, 0.2) is 54.7 Å². The Bertz CT molecular complexity index is 863. The Kier molecular flexibility index (Phi) is 3.51. The number of esters is 1. The molecule has 110 valence electrons. The second kappa shape index (κ2) is 5.48. The molecule has 0 bridgehead atoms. The van der Waals surface area contributed by atoms with E-state index in [1.54, 1.807) is 29.0 Å². The summed E-state index contributed by atoms with van der Waals surface area (Å²) in [5, 5.41) is 0.912. The van der Waals surface area contributed by atoms with Gasteiger partial charge in [0.2, 0.25) is 0 Å². The van der Waals surface area contributed by atoms with Gasteiger partial charge < -0.3 is 4.74 Å². The molecule has 0 spiro atoms. The number of nitrogens with zero attached hydrogens (tertiary/aromatic N) is 1. The van der Waals surface area contributed by atoms with E-state index in [0.717, 1.165) is 10.9 Å². The fourth-order valence-corrected chi connectivity index (χ4v) is 2.52. The first-order valence-electron chi connectivity index (χ1n) is 6.91. The van der Waals surface area contributed by atoms with Crippen molar-refractivity contribution in [3.05, 3.63) is 71.4 Å². The van der Waals surface area contributed by atoms with E-state index < -0.39 is 5.97 Å². The molecule has 3 rings (SSSR count). The lowest BCUT2D eigenvalue weighted by atomic mass is 10.1. The van der Waals surface area contributed by atoms with Gasteiger partial charge in [-0.1, -0.05) is 18.2 Å².